The summed E-state index contributed by atoms with van der Waals surface area (Å²) in [6.07, 6.45) is 1.57. The highest BCUT2D eigenvalue weighted by Gasteiger charge is 2.03. The molecule has 0 saturated carbocycles. The van der Waals surface area contributed by atoms with Gasteiger partial charge in [0.25, 0.3) is 0 Å². The maximum atomic E-state index is 9.80. The molecule has 1 aromatic heterocycles. The minimum Gasteiger partial charge on any atom is -0.507 e. The first-order chi connectivity index (χ1) is 11.0. The molecule has 0 aliphatic rings. The molecule has 5 heteroatoms. The number of nitrogens with zero attached hydrogens (tertiary/aromatic N) is 2. The summed E-state index contributed by atoms with van der Waals surface area (Å²) in [5.74, 6) is 0.881. The SMILES string of the molecule is Cc1ccc2cc(C)c(N/N=C\c3cc(Br)ccc3O)nc2c1. The van der Waals surface area contributed by atoms with Crippen LogP contribution in [-0.4, -0.2) is 16.3 Å². The average Bonchev–Trinajstić information content (AvgIpc) is 2.51. The van der Waals surface area contributed by atoms with Crippen LogP contribution in [0.5, 0.6) is 5.75 Å². The van der Waals surface area contributed by atoms with E-state index >= 15 is 0 Å². The molecule has 0 amide bonds. The van der Waals surface area contributed by atoms with Crippen molar-refractivity contribution in [2.24, 2.45) is 5.10 Å². The molecule has 3 aromatic rings. The number of phenols is 1. The Bertz CT molecular complexity index is 906. The van der Waals surface area contributed by atoms with Crippen molar-refractivity contribution >= 4 is 38.9 Å². The largest absolute Gasteiger partial charge is 0.507 e. The van der Waals surface area contributed by atoms with E-state index < -0.39 is 0 Å². The Balaban J connectivity index is 1.87. The lowest BCUT2D eigenvalue weighted by Crippen LogP contribution is -1.97. The standard InChI is InChI=1S/C18H16BrN3O/c1-11-3-4-13-8-12(2)18(21-16(13)7-11)22-20-10-14-9-15(19)5-6-17(14)23/h3-10,23H,1-2H3,(H,21,22)/b20-10-. The van der Waals surface area contributed by atoms with Crippen LogP contribution in [0.4, 0.5) is 5.82 Å². The Morgan fingerprint density at radius 2 is 1.96 bits per heavy atom. The van der Waals surface area contributed by atoms with Gasteiger partial charge in [-0.05, 0) is 55.3 Å². The zero-order chi connectivity index (χ0) is 16.4. The van der Waals surface area contributed by atoms with Crippen LogP contribution in [0, 0.1) is 13.8 Å². The summed E-state index contributed by atoms with van der Waals surface area (Å²) in [4.78, 5) is 4.61. The van der Waals surface area contributed by atoms with Gasteiger partial charge < -0.3 is 5.11 Å². The number of pyridine rings is 1. The van der Waals surface area contributed by atoms with Gasteiger partial charge in [0.15, 0.2) is 0 Å². The molecule has 4 nitrogen and oxygen atoms in total. The number of phenolic OH excluding ortho intramolecular Hbond substituents is 1. The smallest absolute Gasteiger partial charge is 0.149 e. The number of aromatic nitrogens is 1. The highest BCUT2D eigenvalue weighted by molar-refractivity contribution is 9.10. The van der Waals surface area contributed by atoms with Crippen molar-refractivity contribution in [1.29, 1.82) is 0 Å². The summed E-state index contributed by atoms with van der Waals surface area (Å²) >= 11 is 3.37. The van der Waals surface area contributed by atoms with Gasteiger partial charge in [0.1, 0.15) is 11.6 Å². The zero-order valence-electron chi connectivity index (χ0n) is 12.8. The lowest BCUT2D eigenvalue weighted by Gasteiger charge is -2.07. The van der Waals surface area contributed by atoms with Crippen molar-refractivity contribution in [3.63, 3.8) is 0 Å². The topological polar surface area (TPSA) is 57.5 Å². The van der Waals surface area contributed by atoms with E-state index in [-0.39, 0.29) is 5.75 Å². The molecule has 0 spiro atoms. The highest BCUT2D eigenvalue weighted by atomic mass is 79.9. The monoisotopic (exact) mass is 369 g/mol. The van der Waals surface area contributed by atoms with Crippen LogP contribution in [0.3, 0.4) is 0 Å². The maximum absolute atomic E-state index is 9.80. The number of halogens is 1. The van der Waals surface area contributed by atoms with Crippen LogP contribution >= 0.6 is 15.9 Å². The summed E-state index contributed by atoms with van der Waals surface area (Å²) in [7, 11) is 0. The minimum absolute atomic E-state index is 0.178. The zero-order valence-corrected chi connectivity index (χ0v) is 14.4. The second-order valence-electron chi connectivity index (χ2n) is 5.42. The molecule has 2 aromatic carbocycles. The van der Waals surface area contributed by atoms with E-state index in [1.165, 1.54) is 5.56 Å². The first kappa shape index (κ1) is 15.5. The van der Waals surface area contributed by atoms with Crippen molar-refractivity contribution in [2.75, 3.05) is 5.43 Å². The molecular formula is C18H16BrN3O. The lowest BCUT2D eigenvalue weighted by molar-refractivity contribution is 0.474. The number of hydrazone groups is 1. The van der Waals surface area contributed by atoms with E-state index in [1.54, 1.807) is 24.4 Å². The third-order valence-corrected chi connectivity index (χ3v) is 4.02. The van der Waals surface area contributed by atoms with Crippen LogP contribution in [0.2, 0.25) is 0 Å². The average molecular weight is 370 g/mol. The van der Waals surface area contributed by atoms with Crippen LogP contribution in [0.15, 0.2) is 52.0 Å². The van der Waals surface area contributed by atoms with Crippen molar-refractivity contribution in [2.45, 2.75) is 13.8 Å². The Morgan fingerprint density at radius 1 is 1.13 bits per heavy atom. The van der Waals surface area contributed by atoms with Gasteiger partial charge in [-0.1, -0.05) is 28.1 Å². The molecule has 3 rings (SSSR count). The van der Waals surface area contributed by atoms with Gasteiger partial charge in [0, 0.05) is 15.4 Å². The number of aryl methyl sites for hydroxylation is 2. The third kappa shape index (κ3) is 3.51. The molecule has 116 valence electrons. The van der Waals surface area contributed by atoms with Gasteiger partial charge in [0.2, 0.25) is 0 Å². The normalized spacial score (nSPS) is 11.3. The number of fused-ring (bicyclic) bond motifs is 1. The summed E-state index contributed by atoms with van der Waals surface area (Å²) in [5.41, 5.74) is 6.69. The molecule has 0 saturated heterocycles. The van der Waals surface area contributed by atoms with Gasteiger partial charge in [-0.25, -0.2) is 4.98 Å². The lowest BCUT2D eigenvalue weighted by atomic mass is 10.1. The van der Waals surface area contributed by atoms with Crippen molar-refractivity contribution in [3.05, 3.63) is 63.6 Å². The Hall–Kier alpha value is -2.40. The van der Waals surface area contributed by atoms with E-state index in [9.17, 15) is 5.11 Å². The van der Waals surface area contributed by atoms with Crippen LogP contribution in [0.25, 0.3) is 10.9 Å². The molecule has 23 heavy (non-hydrogen) atoms. The van der Waals surface area contributed by atoms with Crippen LogP contribution in [-0.2, 0) is 0 Å². The molecule has 0 bridgehead atoms. The second-order valence-corrected chi connectivity index (χ2v) is 6.34. The molecular weight excluding hydrogens is 354 g/mol. The van der Waals surface area contributed by atoms with Crippen molar-refractivity contribution in [3.8, 4) is 5.75 Å². The molecule has 2 N–H and O–H groups in total. The maximum Gasteiger partial charge on any atom is 0.149 e. The van der Waals surface area contributed by atoms with E-state index in [0.717, 1.165) is 20.9 Å². The number of hydrogen-bond acceptors (Lipinski definition) is 4. The minimum atomic E-state index is 0.178. The van der Waals surface area contributed by atoms with E-state index in [1.807, 2.05) is 19.9 Å². The molecule has 1 heterocycles. The van der Waals surface area contributed by atoms with Crippen molar-refractivity contribution in [1.82, 2.24) is 4.98 Å². The molecule has 0 fully saturated rings. The predicted octanol–water partition coefficient (Wildman–Crippen LogP) is 4.77. The second kappa shape index (κ2) is 6.38. The summed E-state index contributed by atoms with van der Waals surface area (Å²) in [6, 6.07) is 13.5. The molecule has 0 aliphatic carbocycles. The molecule has 0 atom stereocenters. The summed E-state index contributed by atoms with van der Waals surface area (Å²) in [6.45, 7) is 4.03. The number of anilines is 1. The Morgan fingerprint density at radius 3 is 2.78 bits per heavy atom. The number of benzene rings is 2. The van der Waals surface area contributed by atoms with Crippen molar-refractivity contribution < 1.29 is 5.11 Å². The summed E-state index contributed by atoms with van der Waals surface area (Å²) in [5, 5.41) is 15.1. The van der Waals surface area contributed by atoms with Gasteiger partial charge in [0.05, 0.1) is 11.7 Å². The highest BCUT2D eigenvalue weighted by Crippen LogP contribution is 2.22. The van der Waals surface area contributed by atoms with Gasteiger partial charge in [-0.2, -0.15) is 5.10 Å². The molecule has 0 aliphatic heterocycles. The van der Waals surface area contributed by atoms with E-state index in [4.69, 9.17) is 0 Å². The van der Waals surface area contributed by atoms with Crippen LogP contribution in [0.1, 0.15) is 16.7 Å². The first-order valence-electron chi connectivity index (χ1n) is 7.18. The fraction of sp³-hybridized carbons (Fsp3) is 0.111. The van der Waals surface area contributed by atoms with Gasteiger partial charge in [-0.15, -0.1) is 0 Å². The fourth-order valence-corrected chi connectivity index (χ4v) is 2.67. The quantitative estimate of drug-likeness (QED) is 0.516. The van der Waals surface area contributed by atoms with Crippen LogP contribution < -0.4 is 5.43 Å². The number of aromatic hydroxyl groups is 1. The molecule has 0 unspecified atom stereocenters. The number of nitrogens with one attached hydrogen (secondary N) is 1. The third-order valence-electron chi connectivity index (χ3n) is 3.53. The van der Waals surface area contributed by atoms with Gasteiger partial charge >= 0.3 is 0 Å². The predicted molar refractivity (Wildman–Crippen MR) is 98.2 cm³/mol. The van der Waals surface area contributed by atoms with Gasteiger partial charge in [-0.3, -0.25) is 5.43 Å². The molecule has 0 radical (unpaired) electrons. The Kier molecular flexibility index (Phi) is 4.30. The Labute approximate surface area is 143 Å². The van der Waals surface area contributed by atoms with E-state index in [2.05, 4.69) is 49.6 Å². The number of hydrogen-bond donors (Lipinski definition) is 2. The van der Waals surface area contributed by atoms with E-state index in [0.29, 0.717) is 11.4 Å². The number of rotatable bonds is 3. The summed E-state index contributed by atoms with van der Waals surface area (Å²) < 4.78 is 0.882. The fourth-order valence-electron chi connectivity index (χ4n) is 2.29. The first-order valence-corrected chi connectivity index (χ1v) is 7.98.